The first-order chi connectivity index (χ1) is 8.97. The number of benzene rings is 1. The van der Waals surface area contributed by atoms with E-state index in [1.807, 2.05) is 45.0 Å². The summed E-state index contributed by atoms with van der Waals surface area (Å²) in [5.74, 6) is 0.870. The van der Waals surface area contributed by atoms with Crippen LogP contribution in [0.25, 0.3) is 0 Å². The summed E-state index contributed by atoms with van der Waals surface area (Å²) in [7, 11) is 0. The molecule has 4 heteroatoms. The van der Waals surface area contributed by atoms with Crippen molar-refractivity contribution in [2.24, 2.45) is 0 Å². The number of hydrogen-bond donors (Lipinski definition) is 0. The standard InChI is InChI=1S/C15H17ClN2O/c1-10(2)15-17-13(16)8-14(19)18(15)9-12-6-4-11(3)5-7-12/h4-8,10H,9H2,1-3H3. The van der Waals surface area contributed by atoms with Gasteiger partial charge in [0.25, 0.3) is 5.56 Å². The van der Waals surface area contributed by atoms with Crippen LogP contribution in [0.1, 0.15) is 36.7 Å². The molecule has 19 heavy (non-hydrogen) atoms. The Hall–Kier alpha value is -1.61. The van der Waals surface area contributed by atoms with Crippen LogP contribution < -0.4 is 5.56 Å². The maximum Gasteiger partial charge on any atom is 0.255 e. The Morgan fingerprint density at radius 2 is 1.89 bits per heavy atom. The molecule has 0 saturated carbocycles. The third-order valence-electron chi connectivity index (χ3n) is 2.98. The molecule has 0 N–H and O–H groups in total. The van der Waals surface area contributed by atoms with Gasteiger partial charge in [-0.25, -0.2) is 4.98 Å². The molecule has 2 rings (SSSR count). The minimum absolute atomic E-state index is 0.107. The summed E-state index contributed by atoms with van der Waals surface area (Å²) in [6.07, 6.45) is 0. The molecule has 1 heterocycles. The van der Waals surface area contributed by atoms with Crippen LogP contribution in [0.4, 0.5) is 0 Å². The van der Waals surface area contributed by atoms with Crippen LogP contribution in [0.3, 0.4) is 0 Å². The van der Waals surface area contributed by atoms with Crippen molar-refractivity contribution < 1.29 is 0 Å². The van der Waals surface area contributed by atoms with E-state index in [-0.39, 0.29) is 16.6 Å². The maximum absolute atomic E-state index is 12.1. The Morgan fingerprint density at radius 3 is 2.47 bits per heavy atom. The molecule has 0 amide bonds. The number of rotatable bonds is 3. The van der Waals surface area contributed by atoms with E-state index in [0.717, 1.165) is 11.4 Å². The minimum Gasteiger partial charge on any atom is -0.292 e. The van der Waals surface area contributed by atoms with Crippen LogP contribution >= 0.6 is 11.6 Å². The van der Waals surface area contributed by atoms with E-state index in [1.165, 1.54) is 11.6 Å². The molecule has 2 aromatic rings. The maximum atomic E-state index is 12.1. The molecule has 1 aromatic heterocycles. The molecule has 0 aliphatic carbocycles. The van der Waals surface area contributed by atoms with E-state index in [0.29, 0.717) is 6.54 Å². The van der Waals surface area contributed by atoms with Crippen LogP contribution in [0, 0.1) is 6.92 Å². The van der Waals surface area contributed by atoms with Gasteiger partial charge in [-0.15, -0.1) is 0 Å². The second kappa shape index (κ2) is 5.57. The average Bonchev–Trinajstić information content (AvgIpc) is 2.34. The fraction of sp³-hybridized carbons (Fsp3) is 0.333. The summed E-state index contributed by atoms with van der Waals surface area (Å²) >= 11 is 5.87. The number of aromatic nitrogens is 2. The smallest absolute Gasteiger partial charge is 0.255 e. The van der Waals surface area contributed by atoms with Crippen LogP contribution in [0.5, 0.6) is 0 Å². The Balaban J connectivity index is 2.44. The molecule has 1 aromatic carbocycles. The minimum atomic E-state index is -0.107. The number of nitrogens with zero attached hydrogens (tertiary/aromatic N) is 2. The van der Waals surface area contributed by atoms with Crippen molar-refractivity contribution in [2.75, 3.05) is 0 Å². The van der Waals surface area contributed by atoms with Crippen molar-refractivity contribution in [3.63, 3.8) is 0 Å². The molecular weight excluding hydrogens is 260 g/mol. The van der Waals surface area contributed by atoms with Gasteiger partial charge in [0.05, 0.1) is 6.54 Å². The van der Waals surface area contributed by atoms with Crippen molar-refractivity contribution in [1.82, 2.24) is 9.55 Å². The van der Waals surface area contributed by atoms with Gasteiger partial charge >= 0.3 is 0 Å². The third-order valence-corrected chi connectivity index (χ3v) is 3.18. The molecule has 0 aliphatic heterocycles. The summed E-state index contributed by atoms with van der Waals surface area (Å²) in [5, 5.41) is 0.258. The van der Waals surface area contributed by atoms with Crippen molar-refractivity contribution in [2.45, 2.75) is 33.2 Å². The highest BCUT2D eigenvalue weighted by molar-refractivity contribution is 6.29. The highest BCUT2D eigenvalue weighted by Gasteiger charge is 2.11. The number of hydrogen-bond acceptors (Lipinski definition) is 2. The Labute approximate surface area is 117 Å². The lowest BCUT2D eigenvalue weighted by Gasteiger charge is -2.14. The van der Waals surface area contributed by atoms with E-state index >= 15 is 0 Å². The second-order valence-electron chi connectivity index (χ2n) is 5.00. The van der Waals surface area contributed by atoms with Gasteiger partial charge in [-0.3, -0.25) is 9.36 Å². The Bertz CT molecular complexity index is 630. The Kier molecular flexibility index (Phi) is 4.05. The molecule has 100 valence electrons. The first-order valence-electron chi connectivity index (χ1n) is 6.30. The van der Waals surface area contributed by atoms with Crippen LogP contribution in [0.2, 0.25) is 5.15 Å². The quantitative estimate of drug-likeness (QED) is 0.806. The first kappa shape index (κ1) is 13.8. The van der Waals surface area contributed by atoms with Gasteiger partial charge in [0.2, 0.25) is 0 Å². The lowest BCUT2D eigenvalue weighted by atomic mass is 10.1. The van der Waals surface area contributed by atoms with Crippen molar-refractivity contribution in [1.29, 1.82) is 0 Å². The van der Waals surface area contributed by atoms with Crippen LogP contribution in [-0.4, -0.2) is 9.55 Å². The highest BCUT2D eigenvalue weighted by Crippen LogP contribution is 2.14. The average molecular weight is 277 g/mol. The molecule has 0 atom stereocenters. The monoisotopic (exact) mass is 276 g/mol. The summed E-state index contributed by atoms with van der Waals surface area (Å²) in [6.45, 7) is 6.57. The van der Waals surface area contributed by atoms with Crippen molar-refractivity contribution in [3.8, 4) is 0 Å². The molecule has 0 radical (unpaired) electrons. The SMILES string of the molecule is Cc1ccc(Cn2c(C(C)C)nc(Cl)cc2=O)cc1. The van der Waals surface area contributed by atoms with Gasteiger partial charge in [-0.05, 0) is 12.5 Å². The van der Waals surface area contributed by atoms with Gasteiger partial charge in [0.1, 0.15) is 11.0 Å². The predicted molar refractivity (Wildman–Crippen MR) is 77.9 cm³/mol. The van der Waals surface area contributed by atoms with E-state index in [9.17, 15) is 4.79 Å². The van der Waals surface area contributed by atoms with E-state index < -0.39 is 0 Å². The number of halogens is 1. The zero-order valence-corrected chi connectivity index (χ0v) is 12.1. The third kappa shape index (κ3) is 3.24. The van der Waals surface area contributed by atoms with Crippen molar-refractivity contribution in [3.05, 3.63) is 62.8 Å². The molecule has 0 aliphatic rings. The Morgan fingerprint density at radius 1 is 1.26 bits per heavy atom. The molecule has 3 nitrogen and oxygen atoms in total. The fourth-order valence-electron chi connectivity index (χ4n) is 1.97. The predicted octanol–water partition coefficient (Wildman–Crippen LogP) is 3.38. The van der Waals surface area contributed by atoms with E-state index in [1.54, 1.807) is 4.57 Å². The molecule has 0 bridgehead atoms. The second-order valence-corrected chi connectivity index (χ2v) is 5.39. The fourth-order valence-corrected chi connectivity index (χ4v) is 2.15. The zero-order chi connectivity index (χ0) is 14.0. The van der Waals surface area contributed by atoms with E-state index in [4.69, 9.17) is 11.6 Å². The van der Waals surface area contributed by atoms with Crippen LogP contribution in [-0.2, 0) is 6.54 Å². The molecule has 0 spiro atoms. The van der Waals surface area contributed by atoms with Gasteiger partial charge in [-0.2, -0.15) is 0 Å². The lowest BCUT2D eigenvalue weighted by molar-refractivity contribution is 0.624. The summed E-state index contributed by atoms with van der Waals surface area (Å²) < 4.78 is 1.68. The molecular formula is C15H17ClN2O. The topological polar surface area (TPSA) is 34.9 Å². The van der Waals surface area contributed by atoms with Crippen molar-refractivity contribution >= 4 is 11.6 Å². The normalized spacial score (nSPS) is 11.0. The van der Waals surface area contributed by atoms with Gasteiger partial charge in [0.15, 0.2) is 0 Å². The van der Waals surface area contributed by atoms with Gasteiger partial charge in [-0.1, -0.05) is 55.3 Å². The first-order valence-corrected chi connectivity index (χ1v) is 6.68. The summed E-state index contributed by atoms with van der Waals surface area (Å²) in [5.41, 5.74) is 2.18. The number of aryl methyl sites for hydroxylation is 1. The summed E-state index contributed by atoms with van der Waals surface area (Å²) in [6, 6.07) is 9.50. The molecule has 0 unspecified atom stereocenters. The zero-order valence-electron chi connectivity index (χ0n) is 11.4. The van der Waals surface area contributed by atoms with Crippen LogP contribution in [0.15, 0.2) is 35.1 Å². The molecule has 0 saturated heterocycles. The lowest BCUT2D eigenvalue weighted by Crippen LogP contribution is -2.25. The van der Waals surface area contributed by atoms with Gasteiger partial charge < -0.3 is 0 Å². The summed E-state index contributed by atoms with van der Waals surface area (Å²) in [4.78, 5) is 16.4. The van der Waals surface area contributed by atoms with E-state index in [2.05, 4.69) is 4.98 Å². The molecule has 0 fully saturated rings. The van der Waals surface area contributed by atoms with Gasteiger partial charge in [0, 0.05) is 12.0 Å². The highest BCUT2D eigenvalue weighted by atomic mass is 35.5. The largest absolute Gasteiger partial charge is 0.292 e.